The zero-order chi connectivity index (χ0) is 8.81. The Hall–Kier alpha value is -1.24. The maximum atomic E-state index is 5.08. The van der Waals surface area contributed by atoms with Gasteiger partial charge in [-0.05, 0) is 19.2 Å². The molecule has 0 heterocycles. The molecule has 0 aliphatic heterocycles. The standard InChI is InChI=1S/C10H13NO/c1-11-8-9-5-3-4-6-10(7-9)12-2/h3-6,11H,8H2,1-2H3. The number of nitrogens with one attached hydrogen (secondary N) is 1. The lowest BCUT2D eigenvalue weighted by Gasteiger charge is -1.96. The molecule has 0 aromatic heterocycles. The second kappa shape index (κ2) is 4.60. The first-order chi connectivity index (χ1) is 5.86. The molecule has 1 rings (SSSR count). The molecule has 1 aliphatic carbocycles. The number of rotatable bonds is 3. The van der Waals surface area contributed by atoms with Crippen molar-refractivity contribution in [3.63, 3.8) is 0 Å². The van der Waals surface area contributed by atoms with E-state index in [1.165, 1.54) is 0 Å². The van der Waals surface area contributed by atoms with Crippen LogP contribution < -0.4 is 5.32 Å². The van der Waals surface area contributed by atoms with E-state index >= 15 is 0 Å². The van der Waals surface area contributed by atoms with Crippen LogP contribution in [-0.4, -0.2) is 20.7 Å². The molecule has 0 amide bonds. The predicted octanol–water partition coefficient (Wildman–Crippen LogP) is 1.39. The van der Waals surface area contributed by atoms with E-state index in [0.29, 0.717) is 0 Å². The van der Waals surface area contributed by atoms with Crippen molar-refractivity contribution < 1.29 is 4.74 Å². The zero-order valence-electron chi connectivity index (χ0n) is 7.42. The third kappa shape index (κ3) is 2.42. The highest BCUT2D eigenvalue weighted by molar-refractivity contribution is 5.31. The van der Waals surface area contributed by atoms with E-state index in [9.17, 15) is 0 Å². The third-order valence-electron chi connectivity index (χ3n) is 1.53. The summed E-state index contributed by atoms with van der Waals surface area (Å²) in [6.45, 7) is 0.811. The molecule has 12 heavy (non-hydrogen) atoms. The third-order valence-corrected chi connectivity index (χ3v) is 1.53. The van der Waals surface area contributed by atoms with E-state index in [2.05, 4.69) is 11.0 Å². The Morgan fingerprint density at radius 2 is 2.17 bits per heavy atom. The van der Waals surface area contributed by atoms with Crippen molar-refractivity contribution in [3.05, 3.63) is 41.4 Å². The molecule has 1 aliphatic rings. The van der Waals surface area contributed by atoms with Gasteiger partial charge in [-0.1, -0.05) is 17.9 Å². The Morgan fingerprint density at radius 1 is 1.42 bits per heavy atom. The molecule has 0 unspecified atom stereocenters. The molecule has 0 bridgehead atoms. The summed E-state index contributed by atoms with van der Waals surface area (Å²) < 4.78 is 5.08. The average Bonchev–Trinajstić information content (AvgIpc) is 2.30. The molecule has 0 spiro atoms. The number of ether oxygens (including phenoxy) is 1. The van der Waals surface area contributed by atoms with E-state index < -0.39 is 0 Å². The number of allylic oxidation sites excluding steroid dienone is 2. The Morgan fingerprint density at radius 3 is 2.83 bits per heavy atom. The molecule has 0 aromatic carbocycles. The SMILES string of the molecule is CNCC1=C=C(OC)C=CC=C1. The van der Waals surface area contributed by atoms with Crippen molar-refractivity contribution >= 4 is 0 Å². The van der Waals surface area contributed by atoms with Gasteiger partial charge >= 0.3 is 0 Å². The van der Waals surface area contributed by atoms with E-state index in [1.807, 2.05) is 31.4 Å². The van der Waals surface area contributed by atoms with Gasteiger partial charge < -0.3 is 10.1 Å². The number of methoxy groups -OCH3 is 1. The Kier molecular flexibility index (Phi) is 3.39. The molecule has 0 atom stereocenters. The van der Waals surface area contributed by atoms with Crippen LogP contribution in [0.5, 0.6) is 0 Å². The molecular formula is C10H13NO. The molecule has 0 radical (unpaired) electrons. The summed E-state index contributed by atoms with van der Waals surface area (Å²) in [6, 6.07) is 0. The first-order valence-corrected chi connectivity index (χ1v) is 3.90. The molecule has 1 N–H and O–H groups in total. The fourth-order valence-electron chi connectivity index (χ4n) is 0.969. The lowest BCUT2D eigenvalue weighted by atomic mass is 10.2. The number of hydrogen-bond donors (Lipinski definition) is 1. The maximum Gasteiger partial charge on any atom is 0.162 e. The van der Waals surface area contributed by atoms with Gasteiger partial charge in [0.25, 0.3) is 0 Å². The lowest BCUT2D eigenvalue weighted by molar-refractivity contribution is 0.308. The summed E-state index contributed by atoms with van der Waals surface area (Å²) in [5.74, 6) is 0.769. The van der Waals surface area contributed by atoms with Gasteiger partial charge in [-0.3, -0.25) is 0 Å². The van der Waals surface area contributed by atoms with Crippen molar-refractivity contribution in [3.8, 4) is 0 Å². The topological polar surface area (TPSA) is 21.3 Å². The van der Waals surface area contributed by atoms with Crippen LogP contribution in [0.3, 0.4) is 0 Å². The van der Waals surface area contributed by atoms with E-state index in [-0.39, 0.29) is 0 Å². The fraction of sp³-hybridized carbons (Fsp3) is 0.300. The van der Waals surface area contributed by atoms with Crippen LogP contribution in [0.25, 0.3) is 0 Å². The van der Waals surface area contributed by atoms with Crippen LogP contribution in [0.2, 0.25) is 0 Å². The van der Waals surface area contributed by atoms with Gasteiger partial charge in [-0.2, -0.15) is 0 Å². The van der Waals surface area contributed by atoms with Crippen LogP contribution >= 0.6 is 0 Å². The minimum atomic E-state index is 0.769. The second-order valence-corrected chi connectivity index (χ2v) is 2.47. The van der Waals surface area contributed by atoms with Crippen LogP contribution in [-0.2, 0) is 4.74 Å². The predicted molar refractivity (Wildman–Crippen MR) is 49.8 cm³/mol. The normalized spacial score (nSPS) is 15.2. The van der Waals surface area contributed by atoms with Gasteiger partial charge in [0.1, 0.15) is 0 Å². The van der Waals surface area contributed by atoms with Gasteiger partial charge in [-0.25, -0.2) is 0 Å². The molecular weight excluding hydrogens is 150 g/mol. The van der Waals surface area contributed by atoms with Crippen molar-refractivity contribution in [1.82, 2.24) is 5.32 Å². The molecule has 0 aromatic rings. The Bertz CT molecular complexity index is 268. The maximum absolute atomic E-state index is 5.08. The largest absolute Gasteiger partial charge is 0.489 e. The average molecular weight is 163 g/mol. The summed E-state index contributed by atoms with van der Waals surface area (Å²) in [7, 11) is 3.56. The highest BCUT2D eigenvalue weighted by atomic mass is 16.5. The summed E-state index contributed by atoms with van der Waals surface area (Å²) >= 11 is 0. The number of hydrogen-bond acceptors (Lipinski definition) is 2. The van der Waals surface area contributed by atoms with Gasteiger partial charge in [0.05, 0.1) is 7.11 Å². The van der Waals surface area contributed by atoms with Crippen LogP contribution in [0.1, 0.15) is 0 Å². The minimum absolute atomic E-state index is 0.769. The van der Waals surface area contributed by atoms with Gasteiger partial charge in [0, 0.05) is 12.1 Å². The first-order valence-electron chi connectivity index (χ1n) is 3.90. The Balaban J connectivity index is 2.87. The molecule has 64 valence electrons. The van der Waals surface area contributed by atoms with Crippen molar-refractivity contribution in [2.75, 3.05) is 20.7 Å². The first kappa shape index (κ1) is 8.85. The highest BCUT2D eigenvalue weighted by Gasteiger charge is 1.93. The minimum Gasteiger partial charge on any atom is -0.489 e. The quantitative estimate of drug-likeness (QED) is 0.635. The molecule has 0 saturated carbocycles. The summed E-state index contributed by atoms with van der Waals surface area (Å²) in [5, 5.41) is 3.06. The fourth-order valence-corrected chi connectivity index (χ4v) is 0.969. The van der Waals surface area contributed by atoms with E-state index in [4.69, 9.17) is 4.74 Å². The second-order valence-electron chi connectivity index (χ2n) is 2.47. The smallest absolute Gasteiger partial charge is 0.162 e. The van der Waals surface area contributed by atoms with E-state index in [1.54, 1.807) is 7.11 Å². The van der Waals surface area contributed by atoms with Gasteiger partial charge in [0.2, 0.25) is 0 Å². The lowest BCUT2D eigenvalue weighted by Crippen LogP contribution is -2.08. The van der Waals surface area contributed by atoms with Crippen LogP contribution in [0, 0.1) is 0 Å². The molecule has 0 saturated heterocycles. The molecule has 2 nitrogen and oxygen atoms in total. The van der Waals surface area contributed by atoms with Crippen molar-refractivity contribution in [2.45, 2.75) is 0 Å². The Labute approximate surface area is 72.9 Å². The van der Waals surface area contributed by atoms with Crippen molar-refractivity contribution in [2.24, 2.45) is 0 Å². The molecule has 0 fully saturated rings. The summed E-state index contributed by atoms with van der Waals surface area (Å²) in [5.41, 5.74) is 4.24. The highest BCUT2D eigenvalue weighted by Crippen LogP contribution is 2.04. The van der Waals surface area contributed by atoms with E-state index in [0.717, 1.165) is 17.9 Å². The summed E-state index contributed by atoms with van der Waals surface area (Å²) in [6.07, 6.45) is 7.82. The van der Waals surface area contributed by atoms with Crippen LogP contribution in [0.4, 0.5) is 0 Å². The molecule has 2 heteroatoms. The van der Waals surface area contributed by atoms with Gasteiger partial charge in [0.15, 0.2) is 5.76 Å². The number of likely N-dealkylation sites (N-methyl/N-ethyl adjacent to an activating group) is 1. The van der Waals surface area contributed by atoms with Crippen molar-refractivity contribution in [1.29, 1.82) is 0 Å². The summed E-state index contributed by atoms with van der Waals surface area (Å²) in [4.78, 5) is 0. The van der Waals surface area contributed by atoms with Gasteiger partial charge in [-0.15, -0.1) is 0 Å². The zero-order valence-corrected chi connectivity index (χ0v) is 7.42. The monoisotopic (exact) mass is 163 g/mol. The van der Waals surface area contributed by atoms with Crippen LogP contribution in [0.15, 0.2) is 41.4 Å².